The maximum atomic E-state index is 9.62. The van der Waals surface area contributed by atoms with E-state index in [1.54, 1.807) is 18.4 Å². The van der Waals surface area contributed by atoms with Crippen LogP contribution in [0.3, 0.4) is 0 Å². The lowest BCUT2D eigenvalue weighted by molar-refractivity contribution is 0.0400. The second-order valence-electron chi connectivity index (χ2n) is 4.33. The van der Waals surface area contributed by atoms with Gasteiger partial charge >= 0.3 is 0 Å². The molecule has 6 nitrogen and oxygen atoms in total. The van der Waals surface area contributed by atoms with Gasteiger partial charge in [-0.3, -0.25) is 4.90 Å². The first-order chi connectivity index (χ1) is 9.19. The molecule has 0 amide bonds. The van der Waals surface area contributed by atoms with Gasteiger partial charge in [0.1, 0.15) is 0 Å². The Hall–Kier alpha value is -1.28. The number of rotatable bonds is 7. The fraction of sp³-hybridized carbons (Fsp3) is 0.500. The van der Waals surface area contributed by atoms with Crippen molar-refractivity contribution >= 4 is 11.3 Å². The molecule has 0 radical (unpaired) electrons. The fourth-order valence-corrected chi connectivity index (χ4v) is 2.36. The molecule has 1 atom stereocenters. The van der Waals surface area contributed by atoms with E-state index in [-0.39, 0.29) is 0 Å². The number of aliphatic hydroxyl groups is 1. The van der Waals surface area contributed by atoms with Crippen molar-refractivity contribution in [2.24, 2.45) is 0 Å². The largest absolute Gasteiger partial charge is 0.389 e. The van der Waals surface area contributed by atoms with Gasteiger partial charge < -0.3 is 14.4 Å². The van der Waals surface area contributed by atoms with Crippen LogP contribution in [0.1, 0.15) is 5.89 Å². The van der Waals surface area contributed by atoms with Gasteiger partial charge in [0, 0.05) is 24.6 Å². The summed E-state index contributed by atoms with van der Waals surface area (Å²) in [5.74, 6) is 1.13. The molecule has 2 heterocycles. The zero-order valence-corrected chi connectivity index (χ0v) is 11.8. The monoisotopic (exact) mass is 283 g/mol. The van der Waals surface area contributed by atoms with Crippen molar-refractivity contribution in [3.05, 3.63) is 22.7 Å². The van der Waals surface area contributed by atoms with Gasteiger partial charge in [-0.1, -0.05) is 5.16 Å². The summed E-state index contributed by atoms with van der Waals surface area (Å²) in [5.41, 5.74) is 0.960. The second-order valence-corrected chi connectivity index (χ2v) is 5.11. The molecular formula is C12H17N3O3S. The number of hydrogen-bond acceptors (Lipinski definition) is 7. The molecule has 19 heavy (non-hydrogen) atoms. The number of thiophene rings is 1. The van der Waals surface area contributed by atoms with Gasteiger partial charge in [-0.2, -0.15) is 16.3 Å². The first-order valence-electron chi connectivity index (χ1n) is 5.89. The lowest BCUT2D eigenvalue weighted by Crippen LogP contribution is -2.31. The summed E-state index contributed by atoms with van der Waals surface area (Å²) in [6.07, 6.45) is -0.519. The Morgan fingerprint density at radius 3 is 3.11 bits per heavy atom. The number of aliphatic hydroxyl groups excluding tert-OH is 1. The number of hydrogen-bond donors (Lipinski definition) is 1. The van der Waals surface area contributed by atoms with Gasteiger partial charge in [0.25, 0.3) is 0 Å². The van der Waals surface area contributed by atoms with Crippen LogP contribution in [-0.2, 0) is 11.3 Å². The molecule has 104 valence electrons. The van der Waals surface area contributed by atoms with Crippen molar-refractivity contribution in [2.75, 3.05) is 27.3 Å². The zero-order valence-electron chi connectivity index (χ0n) is 10.9. The number of aromatic nitrogens is 2. The van der Waals surface area contributed by atoms with Crippen LogP contribution < -0.4 is 0 Å². The number of ether oxygens (including phenoxy) is 1. The lowest BCUT2D eigenvalue weighted by atomic mass is 10.3. The minimum Gasteiger partial charge on any atom is -0.389 e. The van der Waals surface area contributed by atoms with Crippen LogP contribution in [0.2, 0.25) is 0 Å². The molecule has 2 aromatic rings. The van der Waals surface area contributed by atoms with E-state index in [0.717, 1.165) is 5.56 Å². The van der Waals surface area contributed by atoms with E-state index in [1.807, 2.05) is 28.8 Å². The van der Waals surface area contributed by atoms with Gasteiger partial charge in [0.15, 0.2) is 0 Å². The van der Waals surface area contributed by atoms with E-state index in [2.05, 4.69) is 10.1 Å². The molecule has 0 aromatic carbocycles. The van der Waals surface area contributed by atoms with Gasteiger partial charge in [0.2, 0.25) is 11.7 Å². The molecule has 0 aliphatic heterocycles. The minimum absolute atomic E-state index is 0.314. The van der Waals surface area contributed by atoms with Gasteiger partial charge in [-0.15, -0.1) is 0 Å². The van der Waals surface area contributed by atoms with E-state index in [4.69, 9.17) is 9.26 Å². The Balaban J connectivity index is 1.89. The highest BCUT2D eigenvalue weighted by Crippen LogP contribution is 2.18. The Kier molecular flexibility index (Phi) is 5.03. The molecule has 0 aliphatic carbocycles. The highest BCUT2D eigenvalue weighted by molar-refractivity contribution is 7.08. The number of methoxy groups -OCH3 is 1. The smallest absolute Gasteiger partial charge is 0.241 e. The molecule has 1 N–H and O–H groups in total. The van der Waals surface area contributed by atoms with Crippen LogP contribution >= 0.6 is 11.3 Å². The van der Waals surface area contributed by atoms with Crippen molar-refractivity contribution in [1.82, 2.24) is 15.0 Å². The Morgan fingerprint density at radius 2 is 2.42 bits per heavy atom. The molecule has 0 bridgehead atoms. The molecule has 2 aromatic heterocycles. The van der Waals surface area contributed by atoms with Crippen LogP contribution in [0.4, 0.5) is 0 Å². The Bertz CT molecular complexity index is 486. The van der Waals surface area contributed by atoms with Gasteiger partial charge in [-0.25, -0.2) is 0 Å². The van der Waals surface area contributed by atoms with Crippen LogP contribution in [0.25, 0.3) is 11.4 Å². The molecule has 0 saturated heterocycles. The predicted molar refractivity (Wildman–Crippen MR) is 71.8 cm³/mol. The van der Waals surface area contributed by atoms with Crippen LogP contribution in [0.15, 0.2) is 21.3 Å². The number of likely N-dealkylation sites (N-methyl/N-ethyl adjacent to an activating group) is 1. The molecule has 0 aliphatic rings. The van der Waals surface area contributed by atoms with Crippen LogP contribution in [0, 0.1) is 0 Å². The third kappa shape index (κ3) is 4.10. The topological polar surface area (TPSA) is 71.6 Å². The summed E-state index contributed by atoms with van der Waals surface area (Å²) in [4.78, 5) is 6.23. The molecule has 7 heteroatoms. The van der Waals surface area contributed by atoms with E-state index >= 15 is 0 Å². The summed E-state index contributed by atoms with van der Waals surface area (Å²) >= 11 is 1.59. The third-order valence-electron chi connectivity index (χ3n) is 2.53. The summed E-state index contributed by atoms with van der Waals surface area (Å²) in [6, 6.07) is 1.95. The summed E-state index contributed by atoms with van der Waals surface area (Å²) in [6.45, 7) is 1.30. The van der Waals surface area contributed by atoms with Crippen molar-refractivity contribution in [3.63, 3.8) is 0 Å². The highest BCUT2D eigenvalue weighted by atomic mass is 32.1. The average Bonchev–Trinajstić information content (AvgIpc) is 2.98. The highest BCUT2D eigenvalue weighted by Gasteiger charge is 2.13. The van der Waals surface area contributed by atoms with Crippen molar-refractivity contribution < 1.29 is 14.4 Å². The first-order valence-corrected chi connectivity index (χ1v) is 6.84. The molecular weight excluding hydrogens is 266 g/mol. The zero-order chi connectivity index (χ0) is 13.7. The Morgan fingerprint density at radius 1 is 1.58 bits per heavy atom. The van der Waals surface area contributed by atoms with E-state index in [9.17, 15) is 5.11 Å². The third-order valence-corrected chi connectivity index (χ3v) is 3.22. The number of nitrogens with zero attached hydrogens (tertiary/aromatic N) is 3. The van der Waals surface area contributed by atoms with E-state index < -0.39 is 6.10 Å². The lowest BCUT2D eigenvalue weighted by Gasteiger charge is -2.17. The summed E-state index contributed by atoms with van der Waals surface area (Å²) in [7, 11) is 3.45. The molecule has 0 saturated carbocycles. The van der Waals surface area contributed by atoms with Crippen molar-refractivity contribution in [2.45, 2.75) is 12.6 Å². The van der Waals surface area contributed by atoms with Crippen LogP contribution in [-0.4, -0.2) is 53.6 Å². The van der Waals surface area contributed by atoms with Gasteiger partial charge in [-0.05, 0) is 18.5 Å². The van der Waals surface area contributed by atoms with Crippen molar-refractivity contribution in [1.29, 1.82) is 0 Å². The van der Waals surface area contributed by atoms with Crippen molar-refractivity contribution in [3.8, 4) is 11.4 Å². The molecule has 2 rings (SSSR count). The predicted octanol–water partition coefficient (Wildman–Crippen LogP) is 1.24. The minimum atomic E-state index is -0.519. The summed E-state index contributed by atoms with van der Waals surface area (Å²) < 4.78 is 10.1. The van der Waals surface area contributed by atoms with Gasteiger partial charge in [0.05, 0.1) is 19.3 Å². The first kappa shape index (κ1) is 14.1. The standard InChI is InChI=1S/C12H17N3O3S/c1-15(5-10(16)7-17-2)6-11-13-12(14-18-11)9-3-4-19-8-9/h3-4,8,10,16H,5-7H2,1-2H3. The molecule has 0 spiro atoms. The molecule has 1 unspecified atom stereocenters. The Labute approximate surface area is 115 Å². The van der Waals surface area contributed by atoms with Crippen LogP contribution in [0.5, 0.6) is 0 Å². The van der Waals surface area contributed by atoms with E-state index in [1.165, 1.54) is 0 Å². The fourth-order valence-electron chi connectivity index (χ4n) is 1.73. The maximum Gasteiger partial charge on any atom is 0.241 e. The average molecular weight is 283 g/mol. The summed E-state index contributed by atoms with van der Waals surface area (Å²) in [5, 5.41) is 17.5. The SMILES string of the molecule is COCC(O)CN(C)Cc1nc(-c2ccsc2)no1. The normalized spacial score (nSPS) is 13.1. The van der Waals surface area contributed by atoms with E-state index in [0.29, 0.717) is 31.4 Å². The quantitative estimate of drug-likeness (QED) is 0.824. The molecule has 0 fully saturated rings. The maximum absolute atomic E-state index is 9.62. The second kappa shape index (κ2) is 6.76.